The third-order valence-corrected chi connectivity index (χ3v) is 3.51. The quantitative estimate of drug-likeness (QED) is 0.646. The molecule has 1 nitrogen and oxygen atoms in total. The van der Waals surface area contributed by atoms with E-state index in [1.54, 1.807) is 0 Å². The van der Waals surface area contributed by atoms with Gasteiger partial charge in [-0.3, -0.25) is 0 Å². The minimum atomic E-state index is 0.587. The maximum absolute atomic E-state index is 5.83. The Balaban J connectivity index is 2.00. The van der Waals surface area contributed by atoms with E-state index in [0.29, 0.717) is 10.8 Å². The average molecular weight is 153 g/mol. The monoisotopic (exact) mass is 153 g/mol. The van der Waals surface area contributed by atoms with Gasteiger partial charge in [0.2, 0.25) is 0 Å². The SMILES string of the molecule is CC1(C)CC(CN)(C2CC2)C1. The largest absolute Gasteiger partial charge is 0.330 e. The molecule has 0 aromatic rings. The highest BCUT2D eigenvalue weighted by Gasteiger charge is 2.55. The van der Waals surface area contributed by atoms with Crippen LogP contribution in [0.1, 0.15) is 39.5 Å². The van der Waals surface area contributed by atoms with Crippen LogP contribution in [-0.2, 0) is 0 Å². The standard InChI is InChI=1S/C10H19N/c1-9(2)5-10(6-9,7-11)8-3-4-8/h8H,3-7,11H2,1-2H3. The Hall–Kier alpha value is -0.0400. The van der Waals surface area contributed by atoms with Crippen LogP contribution in [0.25, 0.3) is 0 Å². The van der Waals surface area contributed by atoms with Crippen molar-refractivity contribution < 1.29 is 0 Å². The van der Waals surface area contributed by atoms with Gasteiger partial charge < -0.3 is 5.73 Å². The zero-order valence-electron chi connectivity index (χ0n) is 7.69. The van der Waals surface area contributed by atoms with Crippen molar-refractivity contribution in [2.75, 3.05) is 6.54 Å². The Morgan fingerprint density at radius 1 is 1.27 bits per heavy atom. The molecule has 0 aromatic heterocycles. The van der Waals surface area contributed by atoms with Crippen molar-refractivity contribution in [1.29, 1.82) is 0 Å². The van der Waals surface area contributed by atoms with E-state index < -0.39 is 0 Å². The Morgan fingerprint density at radius 3 is 2.09 bits per heavy atom. The van der Waals surface area contributed by atoms with Gasteiger partial charge in [-0.15, -0.1) is 0 Å². The summed E-state index contributed by atoms with van der Waals surface area (Å²) in [6.07, 6.45) is 5.66. The molecule has 2 fully saturated rings. The molecule has 0 unspecified atom stereocenters. The fourth-order valence-electron chi connectivity index (χ4n) is 3.15. The molecule has 2 aliphatic rings. The van der Waals surface area contributed by atoms with Crippen molar-refractivity contribution in [3.8, 4) is 0 Å². The van der Waals surface area contributed by atoms with E-state index >= 15 is 0 Å². The molecule has 0 radical (unpaired) electrons. The maximum Gasteiger partial charge on any atom is -0.00175 e. The average Bonchev–Trinajstić information content (AvgIpc) is 2.62. The zero-order chi connectivity index (χ0) is 8.11. The first-order chi connectivity index (χ1) is 5.08. The molecular weight excluding hydrogens is 134 g/mol. The van der Waals surface area contributed by atoms with Gasteiger partial charge in [0.25, 0.3) is 0 Å². The van der Waals surface area contributed by atoms with Crippen LogP contribution in [0.4, 0.5) is 0 Å². The fourth-order valence-corrected chi connectivity index (χ4v) is 3.15. The lowest BCUT2D eigenvalue weighted by Crippen LogP contribution is -2.49. The molecule has 0 atom stereocenters. The van der Waals surface area contributed by atoms with Gasteiger partial charge >= 0.3 is 0 Å². The first kappa shape index (κ1) is 7.60. The summed E-state index contributed by atoms with van der Waals surface area (Å²) in [5.74, 6) is 1.00. The molecule has 11 heavy (non-hydrogen) atoms. The molecule has 0 spiro atoms. The van der Waals surface area contributed by atoms with E-state index in [1.807, 2.05) is 0 Å². The van der Waals surface area contributed by atoms with Gasteiger partial charge in [-0.1, -0.05) is 13.8 Å². The number of hydrogen-bond acceptors (Lipinski definition) is 1. The van der Waals surface area contributed by atoms with E-state index in [1.165, 1.54) is 25.7 Å². The minimum absolute atomic E-state index is 0.587. The summed E-state index contributed by atoms with van der Waals surface area (Å²) >= 11 is 0. The van der Waals surface area contributed by atoms with Crippen molar-refractivity contribution in [1.82, 2.24) is 0 Å². The fraction of sp³-hybridized carbons (Fsp3) is 1.00. The summed E-state index contributed by atoms with van der Waals surface area (Å²) < 4.78 is 0. The summed E-state index contributed by atoms with van der Waals surface area (Å²) in [6.45, 7) is 5.66. The van der Waals surface area contributed by atoms with E-state index in [4.69, 9.17) is 5.73 Å². The van der Waals surface area contributed by atoms with Crippen LogP contribution in [0, 0.1) is 16.7 Å². The van der Waals surface area contributed by atoms with Crippen LogP contribution in [0.15, 0.2) is 0 Å². The molecule has 0 saturated heterocycles. The smallest absolute Gasteiger partial charge is 0.00175 e. The topological polar surface area (TPSA) is 26.0 Å². The molecule has 1 heteroatoms. The maximum atomic E-state index is 5.83. The summed E-state index contributed by atoms with van der Waals surface area (Å²) in [4.78, 5) is 0. The predicted molar refractivity (Wildman–Crippen MR) is 47.2 cm³/mol. The van der Waals surface area contributed by atoms with E-state index in [9.17, 15) is 0 Å². The van der Waals surface area contributed by atoms with Crippen molar-refractivity contribution in [3.63, 3.8) is 0 Å². The summed E-state index contributed by atoms with van der Waals surface area (Å²) in [5, 5.41) is 0. The van der Waals surface area contributed by atoms with Gasteiger partial charge in [-0.25, -0.2) is 0 Å². The van der Waals surface area contributed by atoms with Crippen LogP contribution >= 0.6 is 0 Å². The molecule has 0 amide bonds. The highest BCUT2D eigenvalue weighted by atomic mass is 14.7. The van der Waals surface area contributed by atoms with Crippen LogP contribution < -0.4 is 5.73 Å². The third-order valence-electron chi connectivity index (χ3n) is 3.51. The summed E-state index contributed by atoms with van der Waals surface area (Å²) in [5.41, 5.74) is 7.02. The third kappa shape index (κ3) is 1.10. The second kappa shape index (κ2) is 2.01. The Bertz CT molecular complexity index is 160. The zero-order valence-corrected chi connectivity index (χ0v) is 7.69. The van der Waals surface area contributed by atoms with Crippen LogP contribution in [0.5, 0.6) is 0 Å². The normalized spacial score (nSPS) is 33.0. The van der Waals surface area contributed by atoms with Crippen LogP contribution in [0.2, 0.25) is 0 Å². The van der Waals surface area contributed by atoms with E-state index in [-0.39, 0.29) is 0 Å². The lowest BCUT2D eigenvalue weighted by Gasteiger charge is -2.53. The second-order valence-corrected chi connectivity index (χ2v) is 5.36. The van der Waals surface area contributed by atoms with Crippen molar-refractivity contribution in [3.05, 3.63) is 0 Å². The Morgan fingerprint density at radius 2 is 1.82 bits per heavy atom. The highest BCUT2D eigenvalue weighted by Crippen LogP contribution is 2.63. The molecule has 0 aromatic carbocycles. The Kier molecular flexibility index (Phi) is 1.39. The van der Waals surface area contributed by atoms with Crippen LogP contribution in [-0.4, -0.2) is 6.54 Å². The molecule has 2 aliphatic carbocycles. The molecule has 2 saturated carbocycles. The van der Waals surface area contributed by atoms with Gasteiger partial charge in [-0.2, -0.15) is 0 Å². The van der Waals surface area contributed by atoms with Crippen molar-refractivity contribution >= 4 is 0 Å². The number of nitrogens with two attached hydrogens (primary N) is 1. The molecule has 2 rings (SSSR count). The number of rotatable bonds is 2. The molecule has 0 bridgehead atoms. The lowest BCUT2D eigenvalue weighted by molar-refractivity contribution is -0.0244. The lowest BCUT2D eigenvalue weighted by atomic mass is 9.52. The van der Waals surface area contributed by atoms with Gasteiger partial charge in [0.05, 0.1) is 0 Å². The van der Waals surface area contributed by atoms with Gasteiger partial charge in [0.1, 0.15) is 0 Å². The van der Waals surface area contributed by atoms with Gasteiger partial charge in [0.15, 0.2) is 0 Å². The molecule has 0 aliphatic heterocycles. The minimum Gasteiger partial charge on any atom is -0.330 e. The molecule has 2 N–H and O–H groups in total. The second-order valence-electron chi connectivity index (χ2n) is 5.36. The first-order valence-electron chi connectivity index (χ1n) is 4.78. The number of hydrogen-bond donors (Lipinski definition) is 1. The van der Waals surface area contributed by atoms with Gasteiger partial charge in [-0.05, 0) is 49.0 Å². The summed E-state index contributed by atoms with van der Waals surface area (Å²) in [7, 11) is 0. The van der Waals surface area contributed by atoms with Crippen molar-refractivity contribution in [2.24, 2.45) is 22.5 Å². The highest BCUT2D eigenvalue weighted by molar-refractivity contribution is 5.06. The predicted octanol–water partition coefficient (Wildman–Crippen LogP) is 2.16. The van der Waals surface area contributed by atoms with Gasteiger partial charge in [0, 0.05) is 0 Å². The van der Waals surface area contributed by atoms with E-state index in [2.05, 4.69) is 13.8 Å². The molecule has 0 heterocycles. The van der Waals surface area contributed by atoms with Crippen molar-refractivity contribution in [2.45, 2.75) is 39.5 Å². The first-order valence-corrected chi connectivity index (χ1v) is 4.78. The van der Waals surface area contributed by atoms with Crippen LogP contribution in [0.3, 0.4) is 0 Å². The molecule has 64 valence electrons. The molecular formula is C10H19N. The van der Waals surface area contributed by atoms with E-state index in [0.717, 1.165) is 12.5 Å². The summed E-state index contributed by atoms with van der Waals surface area (Å²) in [6, 6.07) is 0. The Labute approximate surface area is 69.4 Å².